The number of ether oxygens (including phenoxy) is 1. The molecule has 0 aromatic heterocycles. The van der Waals surface area contributed by atoms with Gasteiger partial charge in [-0.25, -0.2) is 4.99 Å². The van der Waals surface area contributed by atoms with Crippen molar-refractivity contribution in [2.45, 2.75) is 19.6 Å². The molecule has 0 aliphatic carbocycles. The molecule has 0 spiro atoms. The van der Waals surface area contributed by atoms with Crippen molar-refractivity contribution in [2.24, 2.45) is 4.99 Å². The largest absolute Gasteiger partial charge is 0.465 e. The maximum Gasteiger partial charge on any atom is 0.192 e. The molecular formula is C9H12N2O. The van der Waals surface area contributed by atoms with Crippen LogP contribution in [0.5, 0.6) is 0 Å². The zero-order chi connectivity index (χ0) is 8.55. The van der Waals surface area contributed by atoms with Crippen molar-refractivity contribution in [3.63, 3.8) is 0 Å². The highest BCUT2D eigenvalue weighted by Crippen LogP contribution is 2.22. The van der Waals surface area contributed by atoms with Crippen LogP contribution in [0, 0.1) is 0 Å². The summed E-state index contributed by atoms with van der Waals surface area (Å²) in [4.78, 5) is 6.39. The van der Waals surface area contributed by atoms with Gasteiger partial charge in [-0.3, -0.25) is 0 Å². The van der Waals surface area contributed by atoms with Gasteiger partial charge in [0.25, 0.3) is 0 Å². The fourth-order valence-electron chi connectivity index (χ4n) is 1.31. The van der Waals surface area contributed by atoms with Crippen molar-refractivity contribution in [1.29, 1.82) is 0 Å². The molecule has 3 heteroatoms. The first kappa shape index (κ1) is 7.40. The Labute approximate surface area is 72.0 Å². The molecule has 0 bridgehead atoms. The Hall–Kier alpha value is -1.25. The van der Waals surface area contributed by atoms with E-state index in [0.717, 1.165) is 18.0 Å². The molecule has 0 fully saturated rings. The van der Waals surface area contributed by atoms with E-state index in [2.05, 4.69) is 11.9 Å². The molecule has 0 radical (unpaired) electrons. The van der Waals surface area contributed by atoms with Crippen LogP contribution >= 0.6 is 0 Å². The van der Waals surface area contributed by atoms with E-state index < -0.39 is 0 Å². The van der Waals surface area contributed by atoms with E-state index in [1.165, 1.54) is 0 Å². The maximum absolute atomic E-state index is 5.55. The van der Waals surface area contributed by atoms with Crippen LogP contribution in [0.1, 0.15) is 13.3 Å². The first-order valence-corrected chi connectivity index (χ1v) is 4.17. The summed E-state index contributed by atoms with van der Waals surface area (Å²) in [6.07, 6.45) is 6.84. The van der Waals surface area contributed by atoms with E-state index in [-0.39, 0.29) is 6.23 Å². The molecule has 12 heavy (non-hydrogen) atoms. The third-order valence-electron chi connectivity index (χ3n) is 1.99. The van der Waals surface area contributed by atoms with Gasteiger partial charge in [0.15, 0.2) is 17.8 Å². The molecule has 3 nitrogen and oxygen atoms in total. The fourth-order valence-corrected chi connectivity index (χ4v) is 1.31. The smallest absolute Gasteiger partial charge is 0.192 e. The highest BCUT2D eigenvalue weighted by Gasteiger charge is 2.25. The van der Waals surface area contributed by atoms with Crippen molar-refractivity contribution >= 4 is 5.84 Å². The Kier molecular flexibility index (Phi) is 1.64. The van der Waals surface area contributed by atoms with Gasteiger partial charge in [-0.05, 0) is 12.2 Å². The summed E-state index contributed by atoms with van der Waals surface area (Å²) in [5.41, 5.74) is 0. The number of fused-ring (bicyclic) bond motifs is 1. The molecule has 0 N–H and O–H groups in total. The van der Waals surface area contributed by atoms with Crippen LogP contribution in [-0.4, -0.2) is 24.0 Å². The zero-order valence-corrected chi connectivity index (χ0v) is 7.32. The average Bonchev–Trinajstić information content (AvgIpc) is 2.49. The second kappa shape index (κ2) is 2.66. The lowest BCUT2D eigenvalue weighted by atomic mass is 10.3. The van der Waals surface area contributed by atoms with Crippen molar-refractivity contribution < 1.29 is 4.74 Å². The van der Waals surface area contributed by atoms with Gasteiger partial charge in [0, 0.05) is 19.7 Å². The van der Waals surface area contributed by atoms with Crippen molar-refractivity contribution in [3.8, 4) is 0 Å². The topological polar surface area (TPSA) is 24.8 Å². The van der Waals surface area contributed by atoms with E-state index >= 15 is 0 Å². The SMILES string of the molecule is CCC1N=C2C(=CC=CN2C)O1. The molecule has 2 aliphatic heterocycles. The number of rotatable bonds is 1. The summed E-state index contributed by atoms with van der Waals surface area (Å²) in [5, 5.41) is 0. The van der Waals surface area contributed by atoms with Crippen LogP contribution in [0.4, 0.5) is 0 Å². The van der Waals surface area contributed by atoms with Gasteiger partial charge in [-0.2, -0.15) is 0 Å². The average molecular weight is 164 g/mol. The van der Waals surface area contributed by atoms with Gasteiger partial charge in [-0.15, -0.1) is 0 Å². The first-order chi connectivity index (χ1) is 5.81. The lowest BCUT2D eigenvalue weighted by Gasteiger charge is -2.16. The highest BCUT2D eigenvalue weighted by atomic mass is 16.5. The summed E-state index contributed by atoms with van der Waals surface area (Å²) in [6.45, 7) is 2.07. The quantitative estimate of drug-likeness (QED) is 0.586. The van der Waals surface area contributed by atoms with Crippen LogP contribution in [0.25, 0.3) is 0 Å². The Balaban J connectivity index is 2.27. The fraction of sp³-hybridized carbons (Fsp3) is 0.444. The minimum Gasteiger partial charge on any atom is -0.465 e. The van der Waals surface area contributed by atoms with E-state index in [0.29, 0.717) is 0 Å². The van der Waals surface area contributed by atoms with E-state index in [4.69, 9.17) is 4.74 Å². The monoisotopic (exact) mass is 164 g/mol. The van der Waals surface area contributed by atoms with E-state index in [1.807, 2.05) is 30.3 Å². The predicted octanol–water partition coefficient (Wildman–Crippen LogP) is 1.49. The molecule has 2 aliphatic rings. The number of nitrogens with zero attached hydrogens (tertiary/aromatic N) is 2. The number of hydrogen-bond acceptors (Lipinski definition) is 3. The number of hydrogen-bond donors (Lipinski definition) is 0. The third-order valence-corrected chi connectivity index (χ3v) is 1.99. The molecule has 64 valence electrons. The van der Waals surface area contributed by atoms with E-state index in [9.17, 15) is 0 Å². The predicted molar refractivity (Wildman–Crippen MR) is 47.6 cm³/mol. The molecular weight excluding hydrogens is 152 g/mol. The summed E-state index contributed by atoms with van der Waals surface area (Å²) >= 11 is 0. The number of allylic oxidation sites excluding steroid dienone is 2. The molecule has 0 aromatic carbocycles. The lowest BCUT2D eigenvalue weighted by molar-refractivity contribution is 0.152. The normalized spacial score (nSPS) is 26.2. The Bertz CT molecular complexity index is 278. The van der Waals surface area contributed by atoms with Crippen molar-refractivity contribution in [3.05, 3.63) is 24.1 Å². The van der Waals surface area contributed by atoms with Crippen molar-refractivity contribution in [2.75, 3.05) is 7.05 Å². The molecule has 0 amide bonds. The molecule has 0 saturated carbocycles. The summed E-state index contributed by atoms with van der Waals surface area (Å²) in [6, 6.07) is 0. The Morgan fingerprint density at radius 1 is 1.67 bits per heavy atom. The van der Waals surface area contributed by atoms with Crippen LogP contribution in [0.15, 0.2) is 29.1 Å². The van der Waals surface area contributed by atoms with Crippen molar-refractivity contribution in [1.82, 2.24) is 4.90 Å². The lowest BCUT2D eigenvalue weighted by Crippen LogP contribution is -2.22. The van der Waals surface area contributed by atoms with Gasteiger partial charge < -0.3 is 9.64 Å². The molecule has 2 rings (SSSR count). The summed E-state index contributed by atoms with van der Waals surface area (Å²) in [5.74, 6) is 1.84. The number of likely N-dealkylation sites (N-methyl/N-ethyl adjacent to an activating group) is 1. The minimum absolute atomic E-state index is 0.0219. The number of aliphatic imine (C=N–C) groups is 1. The van der Waals surface area contributed by atoms with Crippen LogP contribution in [-0.2, 0) is 4.74 Å². The Morgan fingerprint density at radius 3 is 3.17 bits per heavy atom. The third kappa shape index (κ3) is 1.02. The van der Waals surface area contributed by atoms with Gasteiger partial charge in [0.1, 0.15) is 0 Å². The van der Waals surface area contributed by atoms with Gasteiger partial charge in [0.05, 0.1) is 0 Å². The summed E-state index contributed by atoms with van der Waals surface area (Å²) in [7, 11) is 1.98. The molecule has 1 atom stereocenters. The standard InChI is InChI=1S/C9H12N2O/c1-3-8-10-9-7(12-8)5-4-6-11(9)2/h4-6,8H,3H2,1-2H3. The van der Waals surface area contributed by atoms with Crippen LogP contribution in [0.2, 0.25) is 0 Å². The van der Waals surface area contributed by atoms with Gasteiger partial charge in [0.2, 0.25) is 0 Å². The Morgan fingerprint density at radius 2 is 2.50 bits per heavy atom. The second-order valence-corrected chi connectivity index (χ2v) is 2.92. The van der Waals surface area contributed by atoms with Gasteiger partial charge >= 0.3 is 0 Å². The van der Waals surface area contributed by atoms with Crippen LogP contribution < -0.4 is 0 Å². The van der Waals surface area contributed by atoms with Crippen LogP contribution in [0.3, 0.4) is 0 Å². The molecule has 0 saturated heterocycles. The molecule has 2 heterocycles. The highest BCUT2D eigenvalue weighted by molar-refractivity contribution is 5.99. The first-order valence-electron chi connectivity index (χ1n) is 4.17. The molecule has 0 aromatic rings. The van der Waals surface area contributed by atoms with Gasteiger partial charge in [-0.1, -0.05) is 6.92 Å². The minimum atomic E-state index is 0.0219. The zero-order valence-electron chi connectivity index (χ0n) is 7.32. The second-order valence-electron chi connectivity index (χ2n) is 2.92. The number of amidine groups is 1. The summed E-state index contributed by atoms with van der Waals surface area (Å²) < 4.78 is 5.55. The molecule has 1 unspecified atom stereocenters. The van der Waals surface area contributed by atoms with E-state index in [1.54, 1.807) is 0 Å². The maximum atomic E-state index is 5.55.